The zero-order valence-electron chi connectivity index (χ0n) is 10.1. The van der Waals surface area contributed by atoms with Crippen LogP contribution in [0.3, 0.4) is 0 Å². The molecule has 100 valence electrons. The summed E-state index contributed by atoms with van der Waals surface area (Å²) in [7, 11) is 0. The van der Waals surface area contributed by atoms with Crippen molar-refractivity contribution < 1.29 is 9.84 Å². The van der Waals surface area contributed by atoms with Crippen molar-refractivity contribution >= 4 is 23.4 Å². The second-order valence-electron chi connectivity index (χ2n) is 4.39. The summed E-state index contributed by atoms with van der Waals surface area (Å²) < 4.78 is 5.48. The quantitative estimate of drug-likeness (QED) is 0.841. The largest absolute Gasteiger partial charge is 0.491 e. The maximum Gasteiger partial charge on any atom is 0.120 e. The van der Waals surface area contributed by atoms with Gasteiger partial charge in [0.15, 0.2) is 0 Å². The molecule has 18 heavy (non-hydrogen) atoms. The zero-order valence-corrected chi connectivity index (χ0v) is 11.7. The summed E-state index contributed by atoms with van der Waals surface area (Å²) in [4.78, 5) is 0. The molecule has 0 radical (unpaired) electrons. The highest BCUT2D eigenvalue weighted by molar-refractivity contribution is 7.99. The van der Waals surface area contributed by atoms with E-state index < -0.39 is 6.10 Å². The van der Waals surface area contributed by atoms with E-state index in [1.807, 2.05) is 23.9 Å². The summed E-state index contributed by atoms with van der Waals surface area (Å²) in [6, 6.07) is 7.74. The lowest BCUT2D eigenvalue weighted by Crippen LogP contribution is -2.37. The van der Waals surface area contributed by atoms with Crippen LogP contribution in [0.25, 0.3) is 0 Å². The Bertz CT molecular complexity index is 372. The van der Waals surface area contributed by atoms with E-state index in [0.29, 0.717) is 23.4 Å². The van der Waals surface area contributed by atoms with E-state index in [1.165, 1.54) is 12.2 Å². The molecule has 1 heterocycles. The van der Waals surface area contributed by atoms with Crippen molar-refractivity contribution in [3.05, 3.63) is 29.3 Å². The van der Waals surface area contributed by atoms with E-state index in [-0.39, 0.29) is 6.61 Å². The van der Waals surface area contributed by atoms with Crippen LogP contribution in [0.15, 0.2) is 24.3 Å². The van der Waals surface area contributed by atoms with Crippen LogP contribution in [-0.4, -0.2) is 41.9 Å². The maximum atomic E-state index is 9.81. The van der Waals surface area contributed by atoms with Gasteiger partial charge in [-0.05, 0) is 30.4 Å². The second-order valence-corrected chi connectivity index (χ2v) is 5.98. The van der Waals surface area contributed by atoms with E-state index in [1.54, 1.807) is 12.1 Å². The van der Waals surface area contributed by atoms with Gasteiger partial charge < -0.3 is 15.2 Å². The molecule has 1 fully saturated rings. The van der Waals surface area contributed by atoms with Crippen LogP contribution in [0.4, 0.5) is 0 Å². The molecule has 1 aromatic rings. The summed E-state index contributed by atoms with van der Waals surface area (Å²) in [6.07, 6.45) is 0.696. The Labute approximate surface area is 117 Å². The van der Waals surface area contributed by atoms with Crippen LogP contribution in [0.1, 0.15) is 6.42 Å². The van der Waals surface area contributed by atoms with Crippen molar-refractivity contribution in [3.63, 3.8) is 0 Å². The Morgan fingerprint density at radius 2 is 2.44 bits per heavy atom. The SMILES string of the molecule is OC(CNC1CCSC1)COc1cccc(Cl)c1. The van der Waals surface area contributed by atoms with Gasteiger partial charge in [-0.2, -0.15) is 11.8 Å². The molecule has 2 unspecified atom stereocenters. The molecule has 0 bridgehead atoms. The van der Waals surface area contributed by atoms with Gasteiger partial charge in [0.2, 0.25) is 0 Å². The van der Waals surface area contributed by atoms with Crippen LogP contribution in [0, 0.1) is 0 Å². The van der Waals surface area contributed by atoms with Gasteiger partial charge in [0, 0.05) is 23.4 Å². The van der Waals surface area contributed by atoms with Gasteiger partial charge in [-0.15, -0.1) is 0 Å². The normalized spacial score (nSPS) is 20.9. The first-order valence-electron chi connectivity index (χ1n) is 6.11. The molecule has 3 nitrogen and oxygen atoms in total. The Morgan fingerprint density at radius 1 is 1.56 bits per heavy atom. The average molecular weight is 288 g/mol. The van der Waals surface area contributed by atoms with Crippen molar-refractivity contribution in [2.45, 2.75) is 18.6 Å². The van der Waals surface area contributed by atoms with E-state index >= 15 is 0 Å². The Balaban J connectivity index is 1.66. The minimum atomic E-state index is -0.491. The summed E-state index contributed by atoms with van der Waals surface area (Å²) in [5, 5.41) is 13.8. The Hall–Kier alpha value is -0.420. The predicted octanol–water partition coefficient (Wildman–Crippen LogP) is 2.17. The lowest BCUT2D eigenvalue weighted by Gasteiger charge is -2.16. The standard InChI is InChI=1S/C13H18ClNO2S/c14-10-2-1-3-13(6-10)17-8-12(16)7-15-11-4-5-18-9-11/h1-3,6,11-12,15-16H,4-5,7-9H2. The third kappa shape index (κ3) is 4.69. The van der Waals surface area contributed by atoms with Crippen LogP contribution in [0.5, 0.6) is 5.75 Å². The molecule has 0 saturated carbocycles. The lowest BCUT2D eigenvalue weighted by atomic mass is 10.2. The molecule has 0 spiro atoms. The van der Waals surface area contributed by atoms with Crippen LogP contribution < -0.4 is 10.1 Å². The summed E-state index contributed by atoms with van der Waals surface area (Å²) in [6.45, 7) is 0.860. The van der Waals surface area contributed by atoms with Gasteiger partial charge in [-0.3, -0.25) is 0 Å². The van der Waals surface area contributed by atoms with Crippen molar-refractivity contribution in [1.82, 2.24) is 5.32 Å². The predicted molar refractivity (Wildman–Crippen MR) is 76.7 cm³/mol. The number of thioether (sulfide) groups is 1. The van der Waals surface area contributed by atoms with Gasteiger partial charge in [0.1, 0.15) is 18.5 Å². The van der Waals surface area contributed by atoms with Gasteiger partial charge in [0.25, 0.3) is 0 Å². The van der Waals surface area contributed by atoms with Gasteiger partial charge in [-0.25, -0.2) is 0 Å². The zero-order chi connectivity index (χ0) is 12.8. The molecule has 1 saturated heterocycles. The Morgan fingerprint density at radius 3 is 3.17 bits per heavy atom. The van der Waals surface area contributed by atoms with Crippen molar-refractivity contribution in [2.24, 2.45) is 0 Å². The third-order valence-electron chi connectivity index (χ3n) is 2.81. The minimum absolute atomic E-state index is 0.285. The van der Waals surface area contributed by atoms with Gasteiger partial charge in [-0.1, -0.05) is 17.7 Å². The number of ether oxygens (including phenoxy) is 1. The fourth-order valence-electron chi connectivity index (χ4n) is 1.81. The fraction of sp³-hybridized carbons (Fsp3) is 0.538. The number of hydrogen-bond donors (Lipinski definition) is 2. The van der Waals surface area contributed by atoms with Crippen molar-refractivity contribution in [2.75, 3.05) is 24.7 Å². The smallest absolute Gasteiger partial charge is 0.120 e. The number of benzene rings is 1. The number of rotatable bonds is 6. The number of hydrogen-bond acceptors (Lipinski definition) is 4. The highest BCUT2D eigenvalue weighted by Crippen LogP contribution is 2.18. The topological polar surface area (TPSA) is 41.5 Å². The van der Waals surface area contributed by atoms with E-state index in [0.717, 1.165) is 5.75 Å². The molecule has 2 atom stereocenters. The third-order valence-corrected chi connectivity index (χ3v) is 4.21. The first kappa shape index (κ1) is 14.0. The van der Waals surface area contributed by atoms with E-state index in [2.05, 4.69) is 5.32 Å². The molecule has 0 amide bonds. The first-order chi connectivity index (χ1) is 8.74. The highest BCUT2D eigenvalue weighted by atomic mass is 35.5. The number of aliphatic hydroxyl groups excluding tert-OH is 1. The van der Waals surface area contributed by atoms with Crippen LogP contribution in [-0.2, 0) is 0 Å². The highest BCUT2D eigenvalue weighted by Gasteiger charge is 2.16. The Kier molecular flexibility index (Phi) is 5.63. The van der Waals surface area contributed by atoms with Crippen molar-refractivity contribution in [1.29, 1.82) is 0 Å². The fourth-order valence-corrected chi connectivity index (χ4v) is 3.17. The molecule has 1 aromatic carbocycles. The molecule has 1 aliphatic rings. The molecule has 2 rings (SSSR count). The van der Waals surface area contributed by atoms with Crippen molar-refractivity contribution in [3.8, 4) is 5.75 Å². The molecule has 0 aliphatic carbocycles. The van der Waals surface area contributed by atoms with E-state index in [9.17, 15) is 5.11 Å². The molecular formula is C13H18ClNO2S. The summed E-state index contributed by atoms with van der Waals surface area (Å²) >= 11 is 7.81. The molecule has 2 N–H and O–H groups in total. The number of nitrogens with one attached hydrogen (secondary N) is 1. The summed E-state index contributed by atoms with van der Waals surface area (Å²) in [5.74, 6) is 3.05. The molecule has 1 aliphatic heterocycles. The number of aliphatic hydroxyl groups is 1. The van der Waals surface area contributed by atoms with Crippen LogP contribution in [0.2, 0.25) is 5.02 Å². The molecular weight excluding hydrogens is 270 g/mol. The van der Waals surface area contributed by atoms with Gasteiger partial charge in [0.05, 0.1) is 0 Å². The van der Waals surface area contributed by atoms with Crippen LogP contribution >= 0.6 is 23.4 Å². The van der Waals surface area contributed by atoms with E-state index in [4.69, 9.17) is 16.3 Å². The summed E-state index contributed by atoms with van der Waals surface area (Å²) in [5.41, 5.74) is 0. The molecule has 0 aromatic heterocycles. The average Bonchev–Trinajstić information content (AvgIpc) is 2.87. The maximum absolute atomic E-state index is 9.81. The lowest BCUT2D eigenvalue weighted by molar-refractivity contribution is 0.104. The monoisotopic (exact) mass is 287 g/mol. The number of halogens is 1. The molecule has 5 heteroatoms. The van der Waals surface area contributed by atoms with Gasteiger partial charge >= 0.3 is 0 Å². The minimum Gasteiger partial charge on any atom is -0.491 e. The first-order valence-corrected chi connectivity index (χ1v) is 7.65. The second kappa shape index (κ2) is 7.24.